The molecule has 1 aromatic rings. The highest BCUT2D eigenvalue weighted by atomic mass is 16.5. The van der Waals surface area contributed by atoms with Crippen molar-refractivity contribution in [3.63, 3.8) is 0 Å². The van der Waals surface area contributed by atoms with Crippen LogP contribution in [0.25, 0.3) is 0 Å². The molecule has 0 bridgehead atoms. The van der Waals surface area contributed by atoms with Crippen LogP contribution in [0.4, 0.5) is 0 Å². The van der Waals surface area contributed by atoms with E-state index in [1.165, 1.54) is 12.0 Å². The first-order chi connectivity index (χ1) is 9.30. The quantitative estimate of drug-likeness (QED) is 0.660. The molecule has 1 N–H and O–H groups in total. The van der Waals surface area contributed by atoms with Gasteiger partial charge in [-0.3, -0.25) is 0 Å². The van der Waals surface area contributed by atoms with E-state index in [0.717, 1.165) is 38.3 Å². The maximum atomic E-state index is 5.28. The van der Waals surface area contributed by atoms with Crippen LogP contribution in [-0.4, -0.2) is 33.9 Å². The summed E-state index contributed by atoms with van der Waals surface area (Å²) >= 11 is 0. The molecule has 0 saturated carbocycles. The Morgan fingerprint density at radius 3 is 2.79 bits per heavy atom. The van der Waals surface area contributed by atoms with E-state index in [2.05, 4.69) is 30.4 Å². The normalized spacial score (nSPS) is 12.4. The molecule has 1 rings (SSSR count). The van der Waals surface area contributed by atoms with Gasteiger partial charge in [-0.05, 0) is 56.0 Å². The van der Waals surface area contributed by atoms with Crippen LogP contribution in [0.15, 0.2) is 24.3 Å². The average molecular weight is 265 g/mol. The Labute approximate surface area is 117 Å². The van der Waals surface area contributed by atoms with E-state index < -0.39 is 0 Å². The molecule has 0 aliphatic rings. The van der Waals surface area contributed by atoms with Crippen molar-refractivity contribution in [3.8, 4) is 5.75 Å². The Balaban J connectivity index is 2.53. The van der Waals surface area contributed by atoms with Crippen LogP contribution in [0.5, 0.6) is 5.75 Å². The first-order valence-electron chi connectivity index (χ1n) is 7.12. The lowest BCUT2D eigenvalue weighted by atomic mass is 9.96. The molecular weight excluding hydrogens is 238 g/mol. The van der Waals surface area contributed by atoms with Crippen molar-refractivity contribution in [1.82, 2.24) is 5.32 Å². The highest BCUT2D eigenvalue weighted by Crippen LogP contribution is 2.17. The van der Waals surface area contributed by atoms with Gasteiger partial charge in [-0.1, -0.05) is 19.1 Å². The van der Waals surface area contributed by atoms with Crippen molar-refractivity contribution >= 4 is 0 Å². The fraction of sp³-hybridized carbons (Fsp3) is 0.625. The van der Waals surface area contributed by atoms with E-state index in [1.807, 2.05) is 6.07 Å². The van der Waals surface area contributed by atoms with Crippen LogP contribution < -0.4 is 10.1 Å². The number of hydrogen-bond donors (Lipinski definition) is 1. The number of hydrogen-bond acceptors (Lipinski definition) is 3. The molecule has 19 heavy (non-hydrogen) atoms. The average Bonchev–Trinajstić information content (AvgIpc) is 2.45. The van der Waals surface area contributed by atoms with E-state index in [-0.39, 0.29) is 0 Å². The summed E-state index contributed by atoms with van der Waals surface area (Å²) in [5.74, 6) is 1.54. The van der Waals surface area contributed by atoms with Crippen LogP contribution in [-0.2, 0) is 11.2 Å². The number of methoxy groups -OCH3 is 2. The molecule has 0 aliphatic carbocycles. The van der Waals surface area contributed by atoms with E-state index >= 15 is 0 Å². The first-order valence-corrected chi connectivity index (χ1v) is 7.12. The number of rotatable bonds is 10. The summed E-state index contributed by atoms with van der Waals surface area (Å²) in [6.07, 6.45) is 3.33. The molecule has 0 saturated heterocycles. The lowest BCUT2D eigenvalue weighted by Gasteiger charge is -2.17. The van der Waals surface area contributed by atoms with Crippen molar-refractivity contribution in [1.29, 1.82) is 0 Å². The van der Waals surface area contributed by atoms with Crippen molar-refractivity contribution in [2.45, 2.75) is 26.2 Å². The van der Waals surface area contributed by atoms with Gasteiger partial charge < -0.3 is 14.8 Å². The number of ether oxygens (including phenoxy) is 2. The first kappa shape index (κ1) is 16.0. The lowest BCUT2D eigenvalue weighted by Crippen LogP contribution is -2.26. The van der Waals surface area contributed by atoms with E-state index in [1.54, 1.807) is 14.2 Å². The van der Waals surface area contributed by atoms with Gasteiger partial charge in [0.1, 0.15) is 5.75 Å². The predicted octanol–water partition coefficient (Wildman–Crippen LogP) is 2.89. The fourth-order valence-electron chi connectivity index (χ4n) is 2.18. The largest absolute Gasteiger partial charge is 0.497 e. The Morgan fingerprint density at radius 1 is 1.26 bits per heavy atom. The van der Waals surface area contributed by atoms with Gasteiger partial charge in [0.15, 0.2) is 0 Å². The summed E-state index contributed by atoms with van der Waals surface area (Å²) in [5.41, 5.74) is 1.33. The summed E-state index contributed by atoms with van der Waals surface area (Å²) in [6, 6.07) is 8.34. The minimum absolute atomic E-state index is 0.610. The summed E-state index contributed by atoms with van der Waals surface area (Å²) in [7, 11) is 3.48. The zero-order valence-corrected chi connectivity index (χ0v) is 12.4. The molecule has 0 fully saturated rings. The third-order valence-corrected chi connectivity index (χ3v) is 3.25. The highest BCUT2D eigenvalue weighted by molar-refractivity contribution is 5.28. The molecule has 3 heteroatoms. The van der Waals surface area contributed by atoms with Crippen LogP contribution in [0.1, 0.15) is 25.3 Å². The van der Waals surface area contributed by atoms with Crippen LogP contribution in [0.3, 0.4) is 0 Å². The lowest BCUT2D eigenvalue weighted by molar-refractivity contribution is 0.176. The van der Waals surface area contributed by atoms with Gasteiger partial charge in [-0.2, -0.15) is 0 Å². The summed E-state index contributed by atoms with van der Waals surface area (Å²) < 4.78 is 10.5. The Kier molecular flexibility index (Phi) is 8.26. The molecule has 0 aliphatic heterocycles. The van der Waals surface area contributed by atoms with Crippen molar-refractivity contribution in [3.05, 3.63) is 29.8 Å². The standard InChI is InChI=1S/C16H27NO2/c1-4-9-17-13-15(8-10-18-2)11-14-6-5-7-16(12-14)19-3/h5-7,12,15,17H,4,8-11,13H2,1-3H3. The second kappa shape index (κ2) is 9.82. The Hall–Kier alpha value is -1.06. The topological polar surface area (TPSA) is 30.5 Å². The Morgan fingerprint density at radius 2 is 2.11 bits per heavy atom. The van der Waals surface area contributed by atoms with Crippen LogP contribution in [0.2, 0.25) is 0 Å². The van der Waals surface area contributed by atoms with Gasteiger partial charge in [0, 0.05) is 13.7 Å². The van der Waals surface area contributed by atoms with Gasteiger partial charge in [-0.25, -0.2) is 0 Å². The molecule has 3 nitrogen and oxygen atoms in total. The number of benzene rings is 1. The number of nitrogens with one attached hydrogen (secondary N) is 1. The van der Waals surface area contributed by atoms with Gasteiger partial charge in [-0.15, -0.1) is 0 Å². The summed E-state index contributed by atoms with van der Waals surface area (Å²) in [5, 5.41) is 3.51. The van der Waals surface area contributed by atoms with E-state index in [0.29, 0.717) is 5.92 Å². The SMILES string of the molecule is CCCNCC(CCOC)Cc1cccc(OC)c1. The van der Waals surface area contributed by atoms with Crippen molar-refractivity contribution in [2.24, 2.45) is 5.92 Å². The third kappa shape index (κ3) is 6.60. The fourth-order valence-corrected chi connectivity index (χ4v) is 2.18. The molecule has 0 aromatic heterocycles. The van der Waals surface area contributed by atoms with E-state index in [4.69, 9.17) is 9.47 Å². The maximum absolute atomic E-state index is 5.28. The zero-order valence-electron chi connectivity index (χ0n) is 12.4. The monoisotopic (exact) mass is 265 g/mol. The van der Waals surface area contributed by atoms with Gasteiger partial charge in [0.2, 0.25) is 0 Å². The zero-order chi connectivity index (χ0) is 13.9. The van der Waals surface area contributed by atoms with Crippen molar-refractivity contribution in [2.75, 3.05) is 33.9 Å². The molecule has 0 heterocycles. The van der Waals surface area contributed by atoms with Gasteiger partial charge in [0.05, 0.1) is 7.11 Å². The van der Waals surface area contributed by atoms with Crippen molar-refractivity contribution < 1.29 is 9.47 Å². The smallest absolute Gasteiger partial charge is 0.119 e. The summed E-state index contributed by atoms with van der Waals surface area (Å²) in [4.78, 5) is 0. The van der Waals surface area contributed by atoms with Gasteiger partial charge >= 0.3 is 0 Å². The maximum Gasteiger partial charge on any atom is 0.119 e. The molecule has 0 amide bonds. The Bertz CT molecular complexity index is 341. The minimum Gasteiger partial charge on any atom is -0.497 e. The summed E-state index contributed by atoms with van der Waals surface area (Å²) in [6.45, 7) is 5.15. The molecule has 1 unspecified atom stereocenters. The highest BCUT2D eigenvalue weighted by Gasteiger charge is 2.10. The van der Waals surface area contributed by atoms with Crippen LogP contribution in [0, 0.1) is 5.92 Å². The predicted molar refractivity (Wildman–Crippen MR) is 79.8 cm³/mol. The van der Waals surface area contributed by atoms with Gasteiger partial charge in [0.25, 0.3) is 0 Å². The second-order valence-electron chi connectivity index (χ2n) is 4.91. The second-order valence-corrected chi connectivity index (χ2v) is 4.91. The van der Waals surface area contributed by atoms with E-state index in [9.17, 15) is 0 Å². The molecule has 0 radical (unpaired) electrons. The minimum atomic E-state index is 0.610. The molecule has 0 spiro atoms. The van der Waals surface area contributed by atoms with Crippen LogP contribution >= 0.6 is 0 Å². The molecule has 108 valence electrons. The third-order valence-electron chi connectivity index (χ3n) is 3.25. The molecule has 1 aromatic carbocycles. The molecular formula is C16H27NO2. The molecule has 1 atom stereocenters.